The quantitative estimate of drug-likeness (QED) is 0.534. The summed E-state index contributed by atoms with van der Waals surface area (Å²) >= 11 is 0. The van der Waals surface area contributed by atoms with E-state index < -0.39 is 0 Å². The van der Waals surface area contributed by atoms with Crippen LogP contribution in [-0.2, 0) is 9.53 Å². The minimum absolute atomic E-state index is 0.0677. The van der Waals surface area contributed by atoms with E-state index in [0.29, 0.717) is 6.10 Å². The number of amides is 1. The lowest BCUT2D eigenvalue weighted by atomic mass is 9.81. The molecular formula is C8H11NO2. The Kier molecular flexibility index (Phi) is 0.876. The molecule has 3 atom stereocenters. The summed E-state index contributed by atoms with van der Waals surface area (Å²) in [7, 11) is 0. The molecule has 0 aromatic rings. The van der Waals surface area contributed by atoms with Crippen molar-refractivity contribution < 1.29 is 9.53 Å². The molecule has 0 aliphatic carbocycles. The highest BCUT2D eigenvalue weighted by Crippen LogP contribution is 2.49. The third-order valence-corrected chi connectivity index (χ3v) is 3.30. The van der Waals surface area contributed by atoms with Crippen molar-refractivity contribution in [2.24, 2.45) is 5.92 Å². The largest absolute Gasteiger partial charge is 0.369 e. The van der Waals surface area contributed by atoms with Crippen LogP contribution in [0.1, 0.15) is 19.3 Å². The number of hydrogen-bond acceptors (Lipinski definition) is 2. The van der Waals surface area contributed by atoms with E-state index in [4.69, 9.17) is 4.74 Å². The van der Waals surface area contributed by atoms with Gasteiger partial charge in [0, 0.05) is 6.54 Å². The third kappa shape index (κ3) is 0.562. The second-order valence-corrected chi connectivity index (χ2v) is 3.85. The molecule has 11 heavy (non-hydrogen) atoms. The Labute approximate surface area is 65.1 Å². The molecule has 60 valence electrons. The van der Waals surface area contributed by atoms with Crippen molar-refractivity contribution in [2.75, 3.05) is 6.54 Å². The van der Waals surface area contributed by atoms with Gasteiger partial charge in [-0.1, -0.05) is 0 Å². The molecule has 0 saturated carbocycles. The maximum absolute atomic E-state index is 11.2. The molecule has 3 fully saturated rings. The molecule has 1 spiro atoms. The van der Waals surface area contributed by atoms with Crippen molar-refractivity contribution in [1.82, 2.24) is 5.32 Å². The van der Waals surface area contributed by atoms with Crippen molar-refractivity contribution in [3.63, 3.8) is 0 Å². The Bertz CT molecular complexity index is 228. The molecule has 3 aliphatic heterocycles. The van der Waals surface area contributed by atoms with Crippen molar-refractivity contribution in [3.05, 3.63) is 0 Å². The van der Waals surface area contributed by atoms with Gasteiger partial charge in [-0.05, 0) is 19.3 Å². The van der Waals surface area contributed by atoms with Crippen LogP contribution < -0.4 is 5.32 Å². The summed E-state index contributed by atoms with van der Waals surface area (Å²) in [5.74, 6) is 0.397. The molecule has 3 nitrogen and oxygen atoms in total. The molecule has 3 saturated heterocycles. The number of nitrogens with one attached hydrogen (secondary N) is 1. The van der Waals surface area contributed by atoms with Gasteiger partial charge in [0.25, 0.3) is 0 Å². The first-order valence-electron chi connectivity index (χ1n) is 4.26. The van der Waals surface area contributed by atoms with Gasteiger partial charge in [0.05, 0.1) is 17.6 Å². The number of carbonyl (C=O) groups is 1. The molecule has 0 unspecified atom stereocenters. The van der Waals surface area contributed by atoms with E-state index in [-0.39, 0.29) is 17.4 Å². The Morgan fingerprint density at radius 1 is 1.64 bits per heavy atom. The Balaban J connectivity index is 2.02. The van der Waals surface area contributed by atoms with Crippen LogP contribution in [0.3, 0.4) is 0 Å². The molecule has 0 aromatic heterocycles. The number of carbonyl (C=O) groups excluding carboxylic acids is 1. The topological polar surface area (TPSA) is 38.3 Å². The molecule has 0 radical (unpaired) electrons. The van der Waals surface area contributed by atoms with E-state index in [0.717, 1.165) is 25.8 Å². The monoisotopic (exact) mass is 153 g/mol. The maximum Gasteiger partial charge on any atom is 0.226 e. The van der Waals surface area contributed by atoms with Gasteiger partial charge in [0.2, 0.25) is 5.91 Å². The highest BCUT2D eigenvalue weighted by atomic mass is 16.5. The van der Waals surface area contributed by atoms with Crippen molar-refractivity contribution in [3.8, 4) is 0 Å². The first-order chi connectivity index (χ1) is 5.30. The zero-order valence-electron chi connectivity index (χ0n) is 6.30. The summed E-state index contributed by atoms with van der Waals surface area (Å²) < 4.78 is 5.77. The predicted molar refractivity (Wildman–Crippen MR) is 38.0 cm³/mol. The molecule has 1 N–H and O–H groups in total. The molecule has 0 aromatic carbocycles. The van der Waals surface area contributed by atoms with Crippen molar-refractivity contribution in [2.45, 2.75) is 31.0 Å². The van der Waals surface area contributed by atoms with Gasteiger partial charge in [-0.3, -0.25) is 4.79 Å². The predicted octanol–water partition coefficient (Wildman–Crippen LogP) is 0.0539. The Morgan fingerprint density at radius 3 is 3.27 bits per heavy atom. The van der Waals surface area contributed by atoms with Crippen LogP contribution in [0.25, 0.3) is 0 Å². The Hall–Kier alpha value is -0.570. The fourth-order valence-electron chi connectivity index (χ4n) is 2.71. The zero-order chi connectivity index (χ0) is 7.47. The van der Waals surface area contributed by atoms with E-state index in [1.54, 1.807) is 0 Å². The normalized spacial score (nSPS) is 52.9. The molecule has 3 rings (SSSR count). The SMILES string of the molecule is O=C1NC[C@@]23CC[C@@H](C[C@H]12)O3. The third-order valence-electron chi connectivity index (χ3n) is 3.30. The fraction of sp³-hybridized carbons (Fsp3) is 0.875. The first kappa shape index (κ1) is 6.00. The number of ether oxygens (including phenoxy) is 1. The highest BCUT2D eigenvalue weighted by Gasteiger charge is 2.59. The summed E-state index contributed by atoms with van der Waals surface area (Å²) in [6.45, 7) is 0.757. The van der Waals surface area contributed by atoms with E-state index in [1.807, 2.05) is 0 Å². The van der Waals surface area contributed by atoms with Gasteiger partial charge < -0.3 is 10.1 Å². The van der Waals surface area contributed by atoms with Crippen LogP contribution in [0.2, 0.25) is 0 Å². The lowest BCUT2D eigenvalue weighted by Gasteiger charge is -2.21. The number of fused-ring (bicyclic) bond motifs is 1. The van der Waals surface area contributed by atoms with Gasteiger partial charge in [-0.2, -0.15) is 0 Å². The first-order valence-corrected chi connectivity index (χ1v) is 4.26. The van der Waals surface area contributed by atoms with E-state index in [9.17, 15) is 4.79 Å². The van der Waals surface area contributed by atoms with E-state index in [1.165, 1.54) is 0 Å². The van der Waals surface area contributed by atoms with Gasteiger partial charge in [-0.25, -0.2) is 0 Å². The smallest absolute Gasteiger partial charge is 0.226 e. The lowest BCUT2D eigenvalue weighted by Crippen LogP contribution is -2.33. The minimum atomic E-state index is -0.0677. The lowest BCUT2D eigenvalue weighted by molar-refractivity contribution is -0.123. The second kappa shape index (κ2) is 1.61. The molecule has 3 heteroatoms. The summed E-state index contributed by atoms with van der Waals surface area (Å²) in [5, 5.41) is 2.88. The van der Waals surface area contributed by atoms with Gasteiger partial charge in [-0.15, -0.1) is 0 Å². The van der Waals surface area contributed by atoms with Gasteiger partial charge in [0.1, 0.15) is 0 Å². The average molecular weight is 153 g/mol. The molecule has 2 bridgehead atoms. The zero-order valence-corrected chi connectivity index (χ0v) is 6.30. The van der Waals surface area contributed by atoms with Crippen LogP contribution in [0.5, 0.6) is 0 Å². The van der Waals surface area contributed by atoms with Crippen LogP contribution in [0.15, 0.2) is 0 Å². The summed E-state index contributed by atoms with van der Waals surface area (Å²) in [4.78, 5) is 11.2. The average Bonchev–Trinajstić information content (AvgIpc) is 2.62. The standard InChI is InChI=1S/C8H11NO2/c10-7-6-3-5-1-2-8(6,11-5)4-9-7/h5-6H,1-4H2,(H,9,10)/t5-,6+,8-/m0/s1. The van der Waals surface area contributed by atoms with Gasteiger partial charge in [0.15, 0.2) is 0 Å². The summed E-state index contributed by atoms with van der Waals surface area (Å²) in [5.41, 5.74) is -0.0677. The van der Waals surface area contributed by atoms with Crippen molar-refractivity contribution >= 4 is 5.91 Å². The second-order valence-electron chi connectivity index (χ2n) is 3.85. The Morgan fingerprint density at radius 2 is 2.55 bits per heavy atom. The van der Waals surface area contributed by atoms with Crippen LogP contribution >= 0.6 is 0 Å². The molecular weight excluding hydrogens is 142 g/mol. The van der Waals surface area contributed by atoms with Crippen molar-refractivity contribution in [1.29, 1.82) is 0 Å². The van der Waals surface area contributed by atoms with E-state index >= 15 is 0 Å². The fourth-order valence-corrected chi connectivity index (χ4v) is 2.71. The molecule has 3 aliphatic rings. The summed E-state index contributed by atoms with van der Waals surface area (Å²) in [6.07, 6.45) is 3.60. The molecule has 3 heterocycles. The van der Waals surface area contributed by atoms with Gasteiger partial charge >= 0.3 is 0 Å². The van der Waals surface area contributed by atoms with Crippen LogP contribution in [0.4, 0.5) is 0 Å². The minimum Gasteiger partial charge on any atom is -0.369 e. The highest BCUT2D eigenvalue weighted by molar-refractivity contribution is 5.83. The maximum atomic E-state index is 11.2. The number of hydrogen-bond donors (Lipinski definition) is 1. The van der Waals surface area contributed by atoms with E-state index in [2.05, 4.69) is 5.32 Å². The summed E-state index contributed by atoms with van der Waals surface area (Å²) in [6, 6.07) is 0. The van der Waals surface area contributed by atoms with Crippen LogP contribution in [-0.4, -0.2) is 24.2 Å². The molecule has 1 amide bonds. The van der Waals surface area contributed by atoms with Crippen LogP contribution in [0, 0.1) is 5.92 Å². The number of rotatable bonds is 0.